The topological polar surface area (TPSA) is 139 Å². The highest BCUT2D eigenvalue weighted by Crippen LogP contribution is 2.28. The van der Waals surface area contributed by atoms with Crippen molar-refractivity contribution in [2.24, 2.45) is 0 Å². The molecule has 2 aromatic heterocycles. The summed E-state index contributed by atoms with van der Waals surface area (Å²) in [7, 11) is -7.07. The Morgan fingerprint density at radius 3 is 1.46 bits per heavy atom. The van der Waals surface area contributed by atoms with Crippen molar-refractivity contribution in [2.75, 3.05) is 65.4 Å². The molecule has 358 valence electrons. The second-order valence-electron chi connectivity index (χ2n) is 16.2. The number of sulfonamides is 2. The van der Waals surface area contributed by atoms with Crippen molar-refractivity contribution in [1.82, 2.24) is 29.0 Å². The van der Waals surface area contributed by atoms with E-state index in [1.54, 1.807) is 81.4 Å². The van der Waals surface area contributed by atoms with Gasteiger partial charge in [-0.15, -0.1) is 22.7 Å². The Labute approximate surface area is 417 Å². The molecule has 2 N–H and O–H groups in total. The summed E-state index contributed by atoms with van der Waals surface area (Å²) in [4.78, 5) is 30.7. The number of nitrogens with one attached hydrogen (secondary N) is 2. The molecule has 2 fully saturated rings. The third kappa shape index (κ3) is 14.7. The number of piperazine rings is 2. The lowest BCUT2D eigenvalue weighted by molar-refractivity contribution is 0.0943. The van der Waals surface area contributed by atoms with Gasteiger partial charge in [0.25, 0.3) is 31.9 Å². The third-order valence-electron chi connectivity index (χ3n) is 11.4. The highest BCUT2D eigenvalue weighted by Gasteiger charge is 2.31. The van der Waals surface area contributed by atoms with E-state index in [4.69, 9.17) is 23.2 Å². The van der Waals surface area contributed by atoms with Gasteiger partial charge in [0.1, 0.15) is 8.42 Å². The predicted molar refractivity (Wildman–Crippen MR) is 275 cm³/mol. The minimum absolute atomic E-state index is 0.224. The number of rotatable bonds is 17. The molecular formula is C50H54Cl2N6O6S4. The van der Waals surface area contributed by atoms with Crippen LogP contribution in [-0.2, 0) is 39.6 Å². The van der Waals surface area contributed by atoms with E-state index >= 15 is 0 Å². The Hall–Kier alpha value is -4.72. The van der Waals surface area contributed by atoms with Crippen LogP contribution in [0.4, 0.5) is 0 Å². The Morgan fingerprint density at radius 1 is 0.544 bits per heavy atom. The lowest BCUT2D eigenvalue weighted by Gasteiger charge is -2.33. The highest BCUT2D eigenvalue weighted by atomic mass is 35.5. The second-order valence-corrected chi connectivity index (χ2v) is 23.7. The third-order valence-corrected chi connectivity index (χ3v) is 18.8. The van der Waals surface area contributed by atoms with Crippen LogP contribution in [0.1, 0.15) is 48.0 Å². The number of carbonyl (C=O) groups is 2. The van der Waals surface area contributed by atoms with E-state index in [0.29, 0.717) is 68.9 Å². The van der Waals surface area contributed by atoms with Gasteiger partial charge in [-0.2, -0.15) is 8.61 Å². The van der Waals surface area contributed by atoms with Crippen LogP contribution in [-0.4, -0.2) is 113 Å². The lowest BCUT2D eigenvalue weighted by atomic mass is 10.1. The molecule has 4 aromatic carbocycles. The zero-order chi connectivity index (χ0) is 47.9. The standard InChI is InChI=1S/C25H28ClN3O3S2.C25H26ClN3O3S2/c2*26-22-10-8-21(9-11-22)25(30)27-19-23-12-13-24(33-23)34(31,32)29-17-15-28(16-18-29)14-4-7-20-5-2-1-3-6-20/h1-3,5-6,8-13H,4,7,14-19H2,(H,27,30);1-13H,14-19H2,(H,27,30)/b;7-4+. The Kier molecular flexibility index (Phi) is 18.6. The molecular weight excluding hydrogens is 980 g/mol. The van der Waals surface area contributed by atoms with E-state index in [1.807, 2.05) is 24.3 Å². The molecule has 8 rings (SSSR count). The van der Waals surface area contributed by atoms with Crippen molar-refractivity contribution < 1.29 is 26.4 Å². The Balaban J connectivity index is 0.000000201. The molecule has 0 spiro atoms. The van der Waals surface area contributed by atoms with Gasteiger partial charge in [0.05, 0.1) is 13.1 Å². The molecule has 2 amide bonds. The van der Waals surface area contributed by atoms with Crippen LogP contribution >= 0.6 is 45.9 Å². The van der Waals surface area contributed by atoms with Crippen molar-refractivity contribution in [2.45, 2.75) is 34.3 Å². The fourth-order valence-electron chi connectivity index (χ4n) is 7.58. The summed E-state index contributed by atoms with van der Waals surface area (Å²) < 4.78 is 56.2. The normalized spacial score (nSPS) is 15.4. The molecule has 0 aliphatic carbocycles. The quantitative estimate of drug-likeness (QED) is 0.0927. The maximum atomic E-state index is 13.1. The fourth-order valence-corrected chi connectivity index (χ4v) is 13.6. The number of hydrogen-bond donors (Lipinski definition) is 2. The lowest BCUT2D eigenvalue weighted by Crippen LogP contribution is -2.48. The molecule has 12 nitrogen and oxygen atoms in total. The summed E-state index contributed by atoms with van der Waals surface area (Å²) in [6, 6.07) is 40.6. The van der Waals surface area contributed by atoms with E-state index in [0.717, 1.165) is 54.3 Å². The first-order valence-corrected chi connectivity index (χ1v) is 27.6. The van der Waals surface area contributed by atoms with Crippen molar-refractivity contribution >= 4 is 83.8 Å². The maximum absolute atomic E-state index is 13.1. The van der Waals surface area contributed by atoms with E-state index in [2.05, 4.69) is 69.0 Å². The first kappa shape index (κ1) is 51.1. The molecule has 0 radical (unpaired) electrons. The molecule has 2 aliphatic heterocycles. The van der Waals surface area contributed by atoms with Crippen molar-refractivity contribution in [3.8, 4) is 0 Å². The minimum Gasteiger partial charge on any atom is -0.347 e. The number of aryl methyl sites for hydroxylation is 1. The average Bonchev–Trinajstić information content (AvgIpc) is 4.06. The summed E-state index contributed by atoms with van der Waals surface area (Å²) in [6.07, 6.45) is 6.30. The van der Waals surface area contributed by atoms with Gasteiger partial charge >= 0.3 is 0 Å². The van der Waals surface area contributed by atoms with E-state index < -0.39 is 20.0 Å². The van der Waals surface area contributed by atoms with Crippen LogP contribution in [0.5, 0.6) is 0 Å². The van der Waals surface area contributed by atoms with E-state index in [1.165, 1.54) is 28.2 Å². The molecule has 2 saturated heterocycles. The fraction of sp³-hybridized carbons (Fsp3) is 0.280. The van der Waals surface area contributed by atoms with Crippen LogP contribution < -0.4 is 10.6 Å². The van der Waals surface area contributed by atoms with Gasteiger partial charge in [-0.3, -0.25) is 14.5 Å². The van der Waals surface area contributed by atoms with Gasteiger partial charge in [0, 0.05) is 89.8 Å². The molecule has 4 heterocycles. The summed E-state index contributed by atoms with van der Waals surface area (Å²) in [5, 5.41) is 6.78. The number of benzene rings is 4. The summed E-state index contributed by atoms with van der Waals surface area (Å²) in [5.41, 5.74) is 3.50. The van der Waals surface area contributed by atoms with Crippen molar-refractivity contribution in [3.05, 3.63) is 182 Å². The summed E-state index contributed by atoms with van der Waals surface area (Å²) in [6.45, 7) is 7.07. The molecule has 0 atom stereocenters. The summed E-state index contributed by atoms with van der Waals surface area (Å²) in [5.74, 6) is -0.454. The largest absolute Gasteiger partial charge is 0.347 e. The molecule has 6 aromatic rings. The van der Waals surface area contributed by atoms with Gasteiger partial charge < -0.3 is 15.5 Å². The Morgan fingerprint density at radius 2 is 0.985 bits per heavy atom. The van der Waals surface area contributed by atoms with Gasteiger partial charge in [-0.1, -0.05) is 96.0 Å². The molecule has 0 saturated carbocycles. The van der Waals surface area contributed by atoms with Gasteiger partial charge in [-0.05, 0) is 103 Å². The number of halogens is 2. The average molecular weight is 1030 g/mol. The highest BCUT2D eigenvalue weighted by molar-refractivity contribution is 7.91. The van der Waals surface area contributed by atoms with Crippen molar-refractivity contribution in [1.29, 1.82) is 0 Å². The molecule has 0 bridgehead atoms. The monoisotopic (exact) mass is 1030 g/mol. The summed E-state index contributed by atoms with van der Waals surface area (Å²) >= 11 is 14.1. The number of carbonyl (C=O) groups excluding carboxylic acids is 2. The minimum atomic E-state index is -3.54. The van der Waals surface area contributed by atoms with E-state index in [9.17, 15) is 26.4 Å². The SMILES string of the molecule is O=C(NCc1ccc(S(=O)(=O)N2CCN(C/C=C/c3ccccc3)CC2)s1)c1ccc(Cl)cc1.O=C(NCc1ccc(S(=O)(=O)N2CCN(CCCc3ccccc3)CC2)s1)c1ccc(Cl)cc1. The van der Waals surface area contributed by atoms with Gasteiger partial charge in [0.2, 0.25) is 0 Å². The van der Waals surface area contributed by atoms with Gasteiger partial charge in [0.15, 0.2) is 0 Å². The van der Waals surface area contributed by atoms with Crippen LogP contribution in [0.15, 0.2) is 148 Å². The van der Waals surface area contributed by atoms with Crippen LogP contribution in [0.3, 0.4) is 0 Å². The molecule has 68 heavy (non-hydrogen) atoms. The van der Waals surface area contributed by atoms with Gasteiger partial charge in [-0.25, -0.2) is 16.8 Å². The first-order valence-electron chi connectivity index (χ1n) is 22.3. The van der Waals surface area contributed by atoms with E-state index in [-0.39, 0.29) is 24.9 Å². The Bertz CT molecular complexity index is 2810. The number of thiophene rings is 2. The van der Waals surface area contributed by atoms with Crippen molar-refractivity contribution in [3.63, 3.8) is 0 Å². The zero-order valence-corrected chi connectivity index (χ0v) is 42.2. The second kappa shape index (κ2) is 24.7. The number of amides is 2. The number of hydrogen-bond acceptors (Lipinski definition) is 10. The maximum Gasteiger partial charge on any atom is 0.252 e. The van der Waals surface area contributed by atoms with Crippen LogP contribution in [0.25, 0.3) is 6.08 Å². The number of nitrogens with zero attached hydrogens (tertiary/aromatic N) is 4. The van der Waals surface area contributed by atoms with Crippen LogP contribution in [0, 0.1) is 0 Å². The molecule has 2 aliphatic rings. The predicted octanol–water partition coefficient (Wildman–Crippen LogP) is 8.62. The molecule has 18 heteroatoms. The van der Waals surface area contributed by atoms with Crippen LogP contribution in [0.2, 0.25) is 10.0 Å². The first-order chi connectivity index (χ1) is 32.8. The zero-order valence-electron chi connectivity index (χ0n) is 37.4. The molecule has 0 unspecified atom stereocenters. The smallest absolute Gasteiger partial charge is 0.252 e.